The van der Waals surface area contributed by atoms with Crippen LogP contribution in [-0.4, -0.2) is 15.8 Å². The number of fused-ring (bicyclic) bond motifs is 1. The fourth-order valence-corrected chi connectivity index (χ4v) is 3.83. The summed E-state index contributed by atoms with van der Waals surface area (Å²) >= 11 is 1.58. The first-order valence-corrected chi connectivity index (χ1v) is 8.08. The number of nitrogens with one attached hydrogen (secondary N) is 1. The van der Waals surface area contributed by atoms with Crippen LogP contribution in [0.2, 0.25) is 0 Å². The first kappa shape index (κ1) is 15.4. The van der Waals surface area contributed by atoms with E-state index in [1.54, 1.807) is 11.3 Å². The van der Waals surface area contributed by atoms with Gasteiger partial charge in [0.1, 0.15) is 0 Å². The third-order valence-electron chi connectivity index (χ3n) is 3.86. The Bertz CT molecular complexity index is 787. The highest BCUT2D eigenvalue weighted by molar-refractivity contribution is 7.11. The Morgan fingerprint density at radius 1 is 1.52 bits per heavy atom. The molecule has 1 aliphatic carbocycles. The zero-order valence-corrected chi connectivity index (χ0v) is 13.4. The number of thiazole rings is 1. The van der Waals surface area contributed by atoms with Crippen molar-refractivity contribution < 1.29 is 9.72 Å². The molecule has 3 rings (SSSR count). The summed E-state index contributed by atoms with van der Waals surface area (Å²) in [6, 6.07) is 3.77. The molecule has 1 heterocycles. The van der Waals surface area contributed by atoms with Gasteiger partial charge in [-0.05, 0) is 32.3 Å². The number of amides is 1. The van der Waals surface area contributed by atoms with Crippen molar-refractivity contribution in [2.24, 2.45) is 0 Å². The number of aryl methyl sites for hydroxylation is 2. The number of hydrogen-bond donors (Lipinski definition) is 2. The number of nitro benzene ring substituents is 1. The van der Waals surface area contributed by atoms with Gasteiger partial charge < -0.3 is 11.1 Å². The second kappa shape index (κ2) is 5.96. The van der Waals surface area contributed by atoms with Crippen molar-refractivity contribution >= 4 is 28.6 Å². The Morgan fingerprint density at radius 2 is 2.30 bits per heavy atom. The minimum atomic E-state index is -0.540. The fraction of sp³-hybridized carbons (Fsp3) is 0.333. The Balaban J connectivity index is 1.85. The van der Waals surface area contributed by atoms with E-state index in [4.69, 9.17) is 5.73 Å². The van der Waals surface area contributed by atoms with Gasteiger partial charge in [0.25, 0.3) is 11.6 Å². The number of hydrogen-bond acceptors (Lipinski definition) is 6. The van der Waals surface area contributed by atoms with Crippen LogP contribution >= 0.6 is 11.3 Å². The number of anilines is 1. The number of nitrogen functional groups attached to an aromatic ring is 1. The van der Waals surface area contributed by atoms with Crippen molar-refractivity contribution in [3.05, 3.63) is 49.5 Å². The smallest absolute Gasteiger partial charge is 0.270 e. The van der Waals surface area contributed by atoms with E-state index in [1.807, 2.05) is 6.92 Å². The molecule has 0 saturated carbocycles. The lowest BCUT2D eigenvalue weighted by molar-refractivity contribution is -0.384. The van der Waals surface area contributed by atoms with E-state index in [-0.39, 0.29) is 23.0 Å². The van der Waals surface area contributed by atoms with Crippen LogP contribution in [0.1, 0.15) is 44.8 Å². The van der Waals surface area contributed by atoms with E-state index in [0.717, 1.165) is 34.8 Å². The molecule has 1 amide bonds. The number of non-ortho nitro benzene ring substituents is 1. The third kappa shape index (κ3) is 3.02. The SMILES string of the molecule is Cc1nc2c(s1)C(NC(=O)c1cc([N+](=O)[O-])ccc1N)CCC2. The van der Waals surface area contributed by atoms with Gasteiger partial charge >= 0.3 is 0 Å². The number of nitrogens with two attached hydrogens (primary N) is 1. The van der Waals surface area contributed by atoms with E-state index in [2.05, 4.69) is 10.3 Å². The van der Waals surface area contributed by atoms with Gasteiger partial charge in [-0.25, -0.2) is 4.98 Å². The second-order valence-electron chi connectivity index (χ2n) is 5.49. The fourth-order valence-electron chi connectivity index (χ4n) is 2.77. The van der Waals surface area contributed by atoms with Gasteiger partial charge in [0.2, 0.25) is 0 Å². The number of carbonyl (C=O) groups is 1. The van der Waals surface area contributed by atoms with Crippen LogP contribution in [0.15, 0.2) is 18.2 Å². The van der Waals surface area contributed by atoms with Crippen LogP contribution < -0.4 is 11.1 Å². The van der Waals surface area contributed by atoms with Crippen molar-refractivity contribution in [3.8, 4) is 0 Å². The van der Waals surface area contributed by atoms with Crippen molar-refractivity contribution in [1.29, 1.82) is 0 Å². The molecule has 1 aromatic heterocycles. The molecule has 120 valence electrons. The molecule has 0 bridgehead atoms. The highest BCUT2D eigenvalue weighted by Gasteiger charge is 2.26. The average molecular weight is 332 g/mol. The summed E-state index contributed by atoms with van der Waals surface area (Å²) in [5.41, 5.74) is 7.05. The molecule has 0 saturated heterocycles. The molecule has 7 nitrogen and oxygen atoms in total. The summed E-state index contributed by atoms with van der Waals surface area (Å²) in [5, 5.41) is 14.8. The summed E-state index contributed by atoms with van der Waals surface area (Å²) in [5.74, 6) is -0.393. The van der Waals surface area contributed by atoms with Gasteiger partial charge in [0.15, 0.2) is 0 Å². The minimum absolute atomic E-state index is 0.115. The lowest BCUT2D eigenvalue weighted by Gasteiger charge is -2.22. The van der Waals surface area contributed by atoms with Crippen LogP contribution in [0.4, 0.5) is 11.4 Å². The summed E-state index contributed by atoms with van der Waals surface area (Å²) in [7, 11) is 0. The van der Waals surface area contributed by atoms with Gasteiger partial charge in [0.05, 0.1) is 32.1 Å². The van der Waals surface area contributed by atoms with Gasteiger partial charge in [0, 0.05) is 17.8 Å². The Labute approximate surface area is 136 Å². The zero-order valence-electron chi connectivity index (χ0n) is 12.5. The van der Waals surface area contributed by atoms with E-state index < -0.39 is 10.8 Å². The van der Waals surface area contributed by atoms with Crippen molar-refractivity contribution in [3.63, 3.8) is 0 Å². The molecule has 0 radical (unpaired) electrons. The number of rotatable bonds is 3. The standard InChI is InChI=1S/C15H16N4O3S/c1-8-17-12-3-2-4-13(14(12)23-8)18-15(20)10-7-9(19(21)22)5-6-11(10)16/h5-7,13H,2-4,16H2,1H3,(H,18,20). The maximum absolute atomic E-state index is 12.5. The summed E-state index contributed by atoms with van der Waals surface area (Å²) in [4.78, 5) is 28.4. The molecule has 3 N–H and O–H groups in total. The predicted molar refractivity (Wildman–Crippen MR) is 87.5 cm³/mol. The van der Waals surface area contributed by atoms with Crippen LogP contribution in [0.5, 0.6) is 0 Å². The van der Waals surface area contributed by atoms with Gasteiger partial charge in [-0.2, -0.15) is 0 Å². The summed E-state index contributed by atoms with van der Waals surface area (Å²) in [6.07, 6.45) is 2.70. The Morgan fingerprint density at radius 3 is 3.04 bits per heavy atom. The normalized spacial score (nSPS) is 16.7. The molecule has 2 aromatic rings. The van der Waals surface area contributed by atoms with E-state index in [1.165, 1.54) is 18.2 Å². The van der Waals surface area contributed by atoms with Gasteiger partial charge in [-0.15, -0.1) is 11.3 Å². The number of carbonyl (C=O) groups excluding carboxylic acids is 1. The largest absolute Gasteiger partial charge is 0.398 e. The second-order valence-corrected chi connectivity index (χ2v) is 6.73. The lowest BCUT2D eigenvalue weighted by atomic mass is 9.97. The highest BCUT2D eigenvalue weighted by atomic mass is 32.1. The minimum Gasteiger partial charge on any atom is -0.398 e. The van der Waals surface area contributed by atoms with E-state index in [0.29, 0.717) is 0 Å². The first-order chi connectivity index (χ1) is 11.0. The van der Waals surface area contributed by atoms with Crippen LogP contribution in [0, 0.1) is 17.0 Å². The number of nitrogens with zero attached hydrogens (tertiary/aromatic N) is 2. The molecule has 1 unspecified atom stereocenters. The van der Waals surface area contributed by atoms with Crippen molar-refractivity contribution in [1.82, 2.24) is 10.3 Å². The summed E-state index contributed by atoms with van der Waals surface area (Å²) in [6.45, 7) is 1.94. The number of nitro groups is 1. The third-order valence-corrected chi connectivity index (χ3v) is 4.98. The monoisotopic (exact) mass is 332 g/mol. The van der Waals surface area contributed by atoms with E-state index in [9.17, 15) is 14.9 Å². The predicted octanol–water partition coefficient (Wildman–Crippen LogP) is 2.75. The summed E-state index contributed by atoms with van der Waals surface area (Å²) < 4.78 is 0. The maximum atomic E-state index is 12.5. The molecule has 23 heavy (non-hydrogen) atoms. The van der Waals surface area contributed by atoms with Crippen LogP contribution in [0.25, 0.3) is 0 Å². The van der Waals surface area contributed by atoms with Gasteiger partial charge in [-0.1, -0.05) is 0 Å². The molecule has 1 aromatic carbocycles. The zero-order chi connectivity index (χ0) is 16.6. The van der Waals surface area contributed by atoms with Crippen LogP contribution in [0.3, 0.4) is 0 Å². The Kier molecular flexibility index (Phi) is 3.99. The average Bonchev–Trinajstić information content (AvgIpc) is 2.88. The van der Waals surface area contributed by atoms with Crippen molar-refractivity contribution in [2.75, 3.05) is 5.73 Å². The van der Waals surface area contributed by atoms with Gasteiger partial charge in [-0.3, -0.25) is 14.9 Å². The molecular weight excluding hydrogens is 316 g/mol. The molecule has 1 aliphatic rings. The van der Waals surface area contributed by atoms with Crippen molar-refractivity contribution in [2.45, 2.75) is 32.2 Å². The van der Waals surface area contributed by atoms with Crippen LogP contribution in [-0.2, 0) is 6.42 Å². The Hall–Kier alpha value is -2.48. The number of benzene rings is 1. The molecular formula is C15H16N4O3S. The molecule has 1 atom stereocenters. The highest BCUT2D eigenvalue weighted by Crippen LogP contribution is 2.34. The molecule has 0 aliphatic heterocycles. The quantitative estimate of drug-likeness (QED) is 0.510. The first-order valence-electron chi connectivity index (χ1n) is 7.26. The van der Waals surface area contributed by atoms with E-state index >= 15 is 0 Å². The topological polar surface area (TPSA) is 111 Å². The maximum Gasteiger partial charge on any atom is 0.270 e. The molecule has 0 spiro atoms. The molecule has 8 heteroatoms. The lowest BCUT2D eigenvalue weighted by Crippen LogP contribution is -2.30. The molecule has 0 fully saturated rings. The number of aromatic nitrogens is 1.